The highest BCUT2D eigenvalue weighted by Crippen LogP contribution is 2.45. The second-order valence-electron chi connectivity index (χ2n) is 9.39. The second-order valence-corrected chi connectivity index (χ2v) is 9.39. The molecule has 32 heavy (non-hydrogen) atoms. The molecule has 6 heteroatoms. The van der Waals surface area contributed by atoms with Crippen LogP contribution in [0.4, 0.5) is 17.3 Å². The Kier molecular flexibility index (Phi) is 9.48. The fourth-order valence-electron chi connectivity index (χ4n) is 4.44. The number of aromatic nitrogens is 2. The predicted octanol–water partition coefficient (Wildman–Crippen LogP) is 5.90. The lowest BCUT2D eigenvalue weighted by Gasteiger charge is -2.40. The summed E-state index contributed by atoms with van der Waals surface area (Å²) in [5, 5.41) is 2.97. The van der Waals surface area contributed by atoms with E-state index in [1.807, 2.05) is 0 Å². The highest BCUT2D eigenvalue weighted by molar-refractivity contribution is 5.88. The van der Waals surface area contributed by atoms with Crippen molar-refractivity contribution in [1.82, 2.24) is 9.97 Å². The van der Waals surface area contributed by atoms with Gasteiger partial charge in [0.15, 0.2) is 11.6 Å². The van der Waals surface area contributed by atoms with Gasteiger partial charge in [0.05, 0.1) is 0 Å². The Balaban J connectivity index is 1.89. The van der Waals surface area contributed by atoms with Crippen LogP contribution in [0.25, 0.3) is 0 Å². The van der Waals surface area contributed by atoms with Gasteiger partial charge < -0.3 is 16.0 Å². The molecule has 2 rings (SSSR count). The van der Waals surface area contributed by atoms with E-state index in [0.29, 0.717) is 23.5 Å². The normalized spacial score (nSPS) is 21.8. The van der Waals surface area contributed by atoms with Gasteiger partial charge in [0.2, 0.25) is 6.41 Å². The maximum absolute atomic E-state index is 11.7. The van der Waals surface area contributed by atoms with Gasteiger partial charge >= 0.3 is 0 Å². The third kappa shape index (κ3) is 6.44. The van der Waals surface area contributed by atoms with Crippen LogP contribution in [0.1, 0.15) is 73.1 Å². The van der Waals surface area contributed by atoms with Crippen molar-refractivity contribution in [3.05, 3.63) is 41.3 Å². The Morgan fingerprint density at radius 3 is 2.66 bits per heavy atom. The van der Waals surface area contributed by atoms with Crippen LogP contribution in [0.15, 0.2) is 41.3 Å². The van der Waals surface area contributed by atoms with E-state index < -0.39 is 0 Å². The van der Waals surface area contributed by atoms with Crippen LogP contribution in [-0.2, 0) is 4.79 Å². The van der Waals surface area contributed by atoms with Gasteiger partial charge in [-0.3, -0.25) is 4.79 Å². The summed E-state index contributed by atoms with van der Waals surface area (Å²) < 4.78 is 0. The number of amides is 1. The average Bonchev–Trinajstić information content (AvgIpc) is 2.77. The van der Waals surface area contributed by atoms with Crippen LogP contribution in [0.2, 0.25) is 0 Å². The molecule has 0 fully saturated rings. The van der Waals surface area contributed by atoms with Gasteiger partial charge in [-0.1, -0.05) is 48.8 Å². The molecule has 1 aromatic heterocycles. The van der Waals surface area contributed by atoms with E-state index in [9.17, 15) is 4.79 Å². The van der Waals surface area contributed by atoms with Gasteiger partial charge in [0.25, 0.3) is 0 Å². The lowest BCUT2D eigenvalue weighted by molar-refractivity contribution is -0.107. The molecule has 176 valence electrons. The smallest absolute Gasteiger partial charge is 0.214 e. The Morgan fingerprint density at radius 1 is 1.28 bits per heavy atom. The number of nitrogens with two attached hydrogens (primary N) is 1. The minimum Gasteiger partial charge on any atom is -0.382 e. The molecule has 0 radical (unpaired) electrons. The molecule has 1 aromatic rings. The zero-order chi connectivity index (χ0) is 23.7. The minimum atomic E-state index is 0.284. The molecule has 6 nitrogen and oxygen atoms in total. The van der Waals surface area contributed by atoms with Crippen LogP contribution in [0.3, 0.4) is 0 Å². The molecule has 3 N–H and O–H groups in total. The van der Waals surface area contributed by atoms with Crippen LogP contribution in [0.5, 0.6) is 0 Å². The van der Waals surface area contributed by atoms with Crippen molar-refractivity contribution in [1.29, 1.82) is 0 Å². The average molecular weight is 440 g/mol. The molecule has 1 aliphatic rings. The highest BCUT2D eigenvalue weighted by atomic mass is 16.1. The molecule has 2 atom stereocenters. The molecule has 0 bridgehead atoms. The number of hydrogen-bond acceptors (Lipinski definition) is 5. The van der Waals surface area contributed by atoms with Gasteiger partial charge in [-0.15, -0.1) is 0 Å². The first kappa shape index (κ1) is 25.6. The van der Waals surface area contributed by atoms with E-state index in [1.54, 1.807) is 12.6 Å². The van der Waals surface area contributed by atoms with E-state index in [1.165, 1.54) is 41.6 Å². The van der Waals surface area contributed by atoms with E-state index in [2.05, 4.69) is 68.1 Å². The van der Waals surface area contributed by atoms with Crippen LogP contribution in [0, 0.1) is 11.3 Å². The van der Waals surface area contributed by atoms with Crippen molar-refractivity contribution in [2.45, 2.75) is 73.1 Å². The number of allylic oxidation sites excluding steroid dienone is 5. The number of rotatable bonds is 11. The molecule has 0 saturated heterocycles. The van der Waals surface area contributed by atoms with Gasteiger partial charge in [0, 0.05) is 13.6 Å². The first-order valence-electron chi connectivity index (χ1n) is 11.7. The number of hydrogen-bond donors (Lipinski definition) is 2. The molecular weight excluding hydrogens is 398 g/mol. The molecule has 0 unspecified atom stereocenters. The van der Waals surface area contributed by atoms with Crippen molar-refractivity contribution in [2.75, 3.05) is 29.5 Å². The van der Waals surface area contributed by atoms with Crippen molar-refractivity contribution in [2.24, 2.45) is 11.3 Å². The van der Waals surface area contributed by atoms with Gasteiger partial charge in [-0.2, -0.15) is 0 Å². The fraction of sp³-hybridized carbons (Fsp3) is 0.577. The zero-order valence-corrected chi connectivity index (χ0v) is 20.7. The monoisotopic (exact) mass is 439 g/mol. The molecule has 0 aliphatic heterocycles. The minimum absolute atomic E-state index is 0.284. The molecular formula is C26H41N5O. The maximum atomic E-state index is 11.7. The maximum Gasteiger partial charge on any atom is 0.214 e. The summed E-state index contributed by atoms with van der Waals surface area (Å²) in [6.45, 7) is 11.9. The van der Waals surface area contributed by atoms with Crippen molar-refractivity contribution in [3.8, 4) is 0 Å². The second kappa shape index (κ2) is 11.8. The van der Waals surface area contributed by atoms with Crippen molar-refractivity contribution < 1.29 is 4.79 Å². The lowest BCUT2D eigenvalue weighted by Crippen LogP contribution is -2.29. The van der Waals surface area contributed by atoms with Crippen molar-refractivity contribution in [3.63, 3.8) is 0 Å². The Labute approximate surface area is 194 Å². The van der Waals surface area contributed by atoms with Gasteiger partial charge in [0.1, 0.15) is 12.0 Å². The summed E-state index contributed by atoms with van der Waals surface area (Å²) in [6, 6.07) is 0. The topological polar surface area (TPSA) is 84.1 Å². The number of nitrogens with zero attached hydrogens (tertiary/aromatic N) is 3. The summed E-state index contributed by atoms with van der Waals surface area (Å²) >= 11 is 0. The SMILES string of the molecule is CNc1ncnc(N)c1N(C=O)CC=C(C)CCC=C(C)CC[C@@]1(C)C(C)=CCC[C@@H]1C. The molecule has 1 aliphatic carbocycles. The number of carbonyl (C=O) groups is 1. The fourth-order valence-corrected chi connectivity index (χ4v) is 4.44. The summed E-state index contributed by atoms with van der Waals surface area (Å²) in [7, 11) is 1.75. The Morgan fingerprint density at radius 2 is 2.00 bits per heavy atom. The highest BCUT2D eigenvalue weighted by Gasteiger charge is 2.34. The third-order valence-electron chi connectivity index (χ3n) is 7.25. The van der Waals surface area contributed by atoms with E-state index in [0.717, 1.165) is 31.6 Å². The molecule has 0 aromatic carbocycles. The number of anilines is 3. The first-order chi connectivity index (χ1) is 15.2. The van der Waals surface area contributed by atoms with E-state index in [4.69, 9.17) is 5.73 Å². The third-order valence-corrected chi connectivity index (χ3v) is 7.25. The van der Waals surface area contributed by atoms with Gasteiger partial charge in [-0.25, -0.2) is 9.97 Å². The molecule has 0 saturated carbocycles. The largest absolute Gasteiger partial charge is 0.382 e. The van der Waals surface area contributed by atoms with E-state index >= 15 is 0 Å². The van der Waals surface area contributed by atoms with Crippen molar-refractivity contribution >= 4 is 23.7 Å². The standard InChI is InChI=1S/C26H41N5O/c1-19(13-15-26(5)21(3)11-8-12-22(26)4)9-7-10-20(2)14-16-31(18-32)23-24(27)29-17-30-25(23)28-6/h9,11,14,17-18,22H,7-8,10,12-13,15-16H2,1-6H3,(H3,27,28,29,30)/t22-,26-/m0/s1. The summed E-state index contributed by atoms with van der Waals surface area (Å²) in [5.41, 5.74) is 11.1. The van der Waals surface area contributed by atoms with E-state index in [-0.39, 0.29) is 5.82 Å². The summed E-state index contributed by atoms with van der Waals surface area (Å²) in [6.07, 6.45) is 15.9. The number of nitrogens with one attached hydrogen (secondary N) is 1. The lowest BCUT2D eigenvalue weighted by atomic mass is 9.65. The van der Waals surface area contributed by atoms with Crippen LogP contribution in [-0.4, -0.2) is 30.0 Å². The van der Waals surface area contributed by atoms with Crippen LogP contribution < -0.4 is 16.0 Å². The number of carbonyl (C=O) groups excluding carboxylic acids is 1. The molecule has 0 spiro atoms. The summed E-state index contributed by atoms with van der Waals surface area (Å²) in [4.78, 5) is 21.4. The number of nitrogen functional groups attached to an aromatic ring is 1. The summed E-state index contributed by atoms with van der Waals surface area (Å²) in [5.74, 6) is 1.58. The van der Waals surface area contributed by atoms with Crippen LogP contribution >= 0.6 is 0 Å². The Hall–Kier alpha value is -2.63. The van der Waals surface area contributed by atoms with Gasteiger partial charge in [-0.05, 0) is 70.6 Å². The molecule has 1 heterocycles. The Bertz CT molecular complexity index is 873. The zero-order valence-electron chi connectivity index (χ0n) is 20.7. The molecule has 1 amide bonds. The predicted molar refractivity (Wildman–Crippen MR) is 136 cm³/mol. The first-order valence-corrected chi connectivity index (χ1v) is 11.7. The quantitative estimate of drug-likeness (QED) is 0.331.